The number of thiazole rings is 1. The van der Waals surface area contributed by atoms with Gasteiger partial charge in [0.1, 0.15) is 5.82 Å². The summed E-state index contributed by atoms with van der Waals surface area (Å²) in [7, 11) is -3.45. The molecule has 0 bridgehead atoms. The summed E-state index contributed by atoms with van der Waals surface area (Å²) < 4.78 is 41.2. The van der Waals surface area contributed by atoms with Crippen LogP contribution in [0.1, 0.15) is 31.2 Å². The van der Waals surface area contributed by atoms with Crippen LogP contribution in [0.15, 0.2) is 58.8 Å². The van der Waals surface area contributed by atoms with Crippen molar-refractivity contribution in [2.24, 2.45) is 0 Å². The second-order valence-corrected chi connectivity index (χ2v) is 10.1. The summed E-state index contributed by atoms with van der Waals surface area (Å²) in [6.45, 7) is 1.53. The average molecular weight is 446 g/mol. The van der Waals surface area contributed by atoms with E-state index in [1.165, 1.54) is 17.4 Å². The Balaban J connectivity index is 1.45. The van der Waals surface area contributed by atoms with Crippen LogP contribution in [-0.4, -0.2) is 30.8 Å². The molecule has 1 saturated heterocycles. The van der Waals surface area contributed by atoms with Gasteiger partial charge in [-0.15, -0.1) is 11.3 Å². The molecule has 3 aromatic rings. The summed E-state index contributed by atoms with van der Waals surface area (Å²) in [6.07, 6.45) is 4.00. The lowest BCUT2D eigenvalue weighted by Gasteiger charge is -2.19. The lowest BCUT2D eigenvalue weighted by Crippen LogP contribution is -2.31. The molecule has 1 N–H and O–H groups in total. The summed E-state index contributed by atoms with van der Waals surface area (Å²) >= 11 is 1.43. The van der Waals surface area contributed by atoms with E-state index < -0.39 is 10.0 Å². The van der Waals surface area contributed by atoms with Gasteiger partial charge < -0.3 is 5.32 Å². The molecule has 1 aromatic heterocycles. The van der Waals surface area contributed by atoms with Gasteiger partial charge in [0.15, 0.2) is 5.13 Å². The van der Waals surface area contributed by atoms with Crippen LogP contribution in [0.25, 0.3) is 11.3 Å². The quantitative estimate of drug-likeness (QED) is 0.572. The van der Waals surface area contributed by atoms with Crippen molar-refractivity contribution < 1.29 is 12.8 Å². The maximum Gasteiger partial charge on any atom is 0.243 e. The van der Waals surface area contributed by atoms with Gasteiger partial charge in [0, 0.05) is 36.1 Å². The highest BCUT2D eigenvalue weighted by Gasteiger charge is 2.25. The van der Waals surface area contributed by atoms with E-state index in [0.717, 1.165) is 36.9 Å². The minimum Gasteiger partial charge on any atom is -0.357 e. The van der Waals surface area contributed by atoms with E-state index in [1.807, 2.05) is 5.38 Å². The molecule has 0 radical (unpaired) electrons. The van der Waals surface area contributed by atoms with Gasteiger partial charge in [0.25, 0.3) is 0 Å². The standard InChI is InChI=1S/C22H24FN3O2S2/c23-20-8-4-3-7-18(20)15-24-22-25-21(16-29-22)17-9-11-19(12-10-17)30(27,28)26-13-5-1-2-6-14-26/h3-4,7-12,16H,1-2,5-6,13-15H2,(H,24,25). The van der Waals surface area contributed by atoms with Gasteiger partial charge >= 0.3 is 0 Å². The van der Waals surface area contributed by atoms with E-state index in [0.29, 0.717) is 35.2 Å². The first-order valence-electron chi connectivity index (χ1n) is 10.1. The van der Waals surface area contributed by atoms with E-state index in [2.05, 4.69) is 10.3 Å². The maximum absolute atomic E-state index is 13.7. The Bertz CT molecular complexity index is 1090. The molecule has 5 nitrogen and oxygen atoms in total. The summed E-state index contributed by atoms with van der Waals surface area (Å²) in [5, 5.41) is 5.74. The molecule has 0 saturated carbocycles. The Labute approximate surface area is 180 Å². The predicted molar refractivity (Wildman–Crippen MR) is 119 cm³/mol. The first kappa shape index (κ1) is 21.0. The number of nitrogens with zero attached hydrogens (tertiary/aromatic N) is 2. The summed E-state index contributed by atoms with van der Waals surface area (Å²) in [6, 6.07) is 13.5. The number of aromatic nitrogens is 1. The number of hydrogen-bond donors (Lipinski definition) is 1. The van der Waals surface area contributed by atoms with Crippen LogP contribution in [0.3, 0.4) is 0 Å². The zero-order valence-electron chi connectivity index (χ0n) is 16.6. The van der Waals surface area contributed by atoms with Crippen molar-refractivity contribution in [3.8, 4) is 11.3 Å². The number of benzene rings is 2. The van der Waals surface area contributed by atoms with Crippen LogP contribution in [0.2, 0.25) is 0 Å². The Morgan fingerprint density at radius 1 is 1.00 bits per heavy atom. The van der Waals surface area contributed by atoms with Gasteiger partial charge in [0.05, 0.1) is 10.6 Å². The lowest BCUT2D eigenvalue weighted by atomic mass is 10.2. The third-order valence-electron chi connectivity index (χ3n) is 5.24. The van der Waals surface area contributed by atoms with Crippen molar-refractivity contribution in [2.45, 2.75) is 37.1 Å². The summed E-state index contributed by atoms with van der Waals surface area (Å²) in [5.41, 5.74) is 2.19. The molecule has 30 heavy (non-hydrogen) atoms. The third-order valence-corrected chi connectivity index (χ3v) is 7.96. The number of halogens is 1. The molecule has 4 rings (SSSR count). The van der Waals surface area contributed by atoms with Crippen molar-refractivity contribution in [1.29, 1.82) is 0 Å². The maximum atomic E-state index is 13.7. The van der Waals surface area contributed by atoms with E-state index in [9.17, 15) is 12.8 Å². The fraction of sp³-hybridized carbons (Fsp3) is 0.318. The van der Waals surface area contributed by atoms with Crippen LogP contribution in [0.5, 0.6) is 0 Å². The molecule has 8 heteroatoms. The molecule has 2 heterocycles. The van der Waals surface area contributed by atoms with Crippen LogP contribution in [0, 0.1) is 5.82 Å². The van der Waals surface area contributed by atoms with Crippen LogP contribution >= 0.6 is 11.3 Å². The minimum absolute atomic E-state index is 0.247. The SMILES string of the molecule is O=S(=O)(c1ccc(-c2csc(NCc3ccccc3F)n2)cc1)N1CCCCCC1. The Hall–Kier alpha value is -2.29. The fourth-order valence-electron chi connectivity index (χ4n) is 3.53. The highest BCUT2D eigenvalue weighted by molar-refractivity contribution is 7.89. The number of sulfonamides is 1. The first-order chi connectivity index (χ1) is 14.5. The monoisotopic (exact) mass is 445 g/mol. The normalized spacial score (nSPS) is 15.6. The van der Waals surface area contributed by atoms with Crippen LogP contribution in [-0.2, 0) is 16.6 Å². The van der Waals surface area contributed by atoms with E-state index in [1.54, 1.807) is 46.8 Å². The zero-order valence-corrected chi connectivity index (χ0v) is 18.2. The third kappa shape index (κ3) is 4.71. The molecule has 0 unspecified atom stereocenters. The topological polar surface area (TPSA) is 62.3 Å². The molecule has 2 aromatic carbocycles. The summed E-state index contributed by atoms with van der Waals surface area (Å²) in [4.78, 5) is 4.87. The Morgan fingerprint density at radius 3 is 2.40 bits per heavy atom. The summed E-state index contributed by atoms with van der Waals surface area (Å²) in [5.74, 6) is -0.247. The molecular weight excluding hydrogens is 421 g/mol. The molecule has 0 spiro atoms. The molecule has 158 valence electrons. The Kier molecular flexibility index (Phi) is 6.46. The number of rotatable bonds is 6. The molecular formula is C22H24FN3O2S2. The van der Waals surface area contributed by atoms with Crippen molar-refractivity contribution in [3.05, 3.63) is 65.3 Å². The highest BCUT2D eigenvalue weighted by atomic mass is 32.2. The largest absolute Gasteiger partial charge is 0.357 e. The number of anilines is 1. The fourth-order valence-corrected chi connectivity index (χ4v) is 5.76. The lowest BCUT2D eigenvalue weighted by molar-refractivity contribution is 0.424. The van der Waals surface area contributed by atoms with Crippen LogP contribution in [0.4, 0.5) is 9.52 Å². The smallest absolute Gasteiger partial charge is 0.243 e. The van der Waals surface area contributed by atoms with E-state index in [4.69, 9.17) is 0 Å². The first-order valence-corrected chi connectivity index (χ1v) is 12.4. The molecule has 0 amide bonds. The number of hydrogen-bond acceptors (Lipinski definition) is 5. The van der Waals surface area contributed by atoms with Crippen molar-refractivity contribution in [3.63, 3.8) is 0 Å². The van der Waals surface area contributed by atoms with Gasteiger partial charge in [-0.3, -0.25) is 0 Å². The highest BCUT2D eigenvalue weighted by Crippen LogP contribution is 2.27. The second kappa shape index (κ2) is 9.24. The van der Waals surface area contributed by atoms with E-state index in [-0.39, 0.29) is 5.82 Å². The van der Waals surface area contributed by atoms with Crippen LogP contribution < -0.4 is 5.32 Å². The van der Waals surface area contributed by atoms with E-state index >= 15 is 0 Å². The van der Waals surface area contributed by atoms with Gasteiger partial charge in [-0.05, 0) is 31.0 Å². The predicted octanol–water partition coefficient (Wildman–Crippen LogP) is 5.13. The van der Waals surface area contributed by atoms with Crippen molar-refractivity contribution in [2.75, 3.05) is 18.4 Å². The van der Waals surface area contributed by atoms with Crippen molar-refractivity contribution >= 4 is 26.5 Å². The Morgan fingerprint density at radius 2 is 1.70 bits per heavy atom. The minimum atomic E-state index is -3.45. The van der Waals surface area contributed by atoms with Gasteiger partial charge in [-0.25, -0.2) is 17.8 Å². The zero-order chi connectivity index (χ0) is 21.0. The average Bonchev–Trinajstić information content (AvgIpc) is 3.05. The molecule has 0 aliphatic carbocycles. The molecule has 1 fully saturated rings. The molecule has 1 aliphatic rings. The second-order valence-electron chi connectivity index (χ2n) is 7.33. The van der Waals surface area contributed by atoms with Gasteiger partial charge in [0.2, 0.25) is 10.0 Å². The van der Waals surface area contributed by atoms with Crippen molar-refractivity contribution in [1.82, 2.24) is 9.29 Å². The molecule has 0 atom stereocenters. The molecule has 1 aliphatic heterocycles. The van der Waals surface area contributed by atoms with Gasteiger partial charge in [-0.2, -0.15) is 4.31 Å². The van der Waals surface area contributed by atoms with Gasteiger partial charge in [-0.1, -0.05) is 43.2 Å². The number of nitrogens with one attached hydrogen (secondary N) is 1.